The van der Waals surface area contributed by atoms with Gasteiger partial charge in [0.25, 0.3) is 5.91 Å². The molecular weight excluding hydrogens is 296 g/mol. The smallest absolute Gasteiger partial charge is 0.545 e. The molecule has 0 saturated heterocycles. The Bertz CT molecular complexity index is 767. The minimum absolute atomic E-state index is 0. The monoisotopic (exact) mass is 301 g/mol. The molecule has 1 heterocycles. The first kappa shape index (κ1) is 18.2. The van der Waals surface area contributed by atoms with Gasteiger partial charge in [-0.25, -0.2) is 0 Å². The van der Waals surface area contributed by atoms with E-state index in [1.54, 1.807) is 0 Å². The van der Waals surface area contributed by atoms with Gasteiger partial charge >= 0.3 is 59.1 Å². The minimum Gasteiger partial charge on any atom is -0.545 e. The van der Waals surface area contributed by atoms with Crippen LogP contribution in [0.4, 0.5) is 5.69 Å². The molecule has 8 heteroatoms. The molecule has 1 N–H and O–H groups in total. The molecule has 0 unspecified atom stereocenters. The van der Waals surface area contributed by atoms with E-state index in [9.17, 15) is 24.6 Å². The average molecular weight is 301 g/mol. The fourth-order valence-electron chi connectivity index (χ4n) is 2.32. The summed E-state index contributed by atoms with van der Waals surface area (Å²) in [6.07, 6.45) is 0. The van der Waals surface area contributed by atoms with E-state index in [1.807, 2.05) is 0 Å². The van der Waals surface area contributed by atoms with Crippen molar-refractivity contribution in [3.05, 3.63) is 41.0 Å². The Hall–Kier alpha value is -0.890. The first-order valence-electron chi connectivity index (χ1n) is 5.34. The maximum absolute atomic E-state index is 11.7. The number of carboxylic acid groups (broad SMARTS) is 2. The van der Waals surface area contributed by atoms with Crippen LogP contribution in [0.25, 0.3) is 10.8 Å². The largest absolute Gasteiger partial charge is 1.00 e. The van der Waals surface area contributed by atoms with Crippen molar-refractivity contribution in [2.45, 2.75) is 0 Å². The van der Waals surface area contributed by atoms with Crippen molar-refractivity contribution < 1.29 is 83.7 Å². The van der Waals surface area contributed by atoms with Crippen molar-refractivity contribution in [3.63, 3.8) is 0 Å². The molecule has 1 aliphatic rings. The molecule has 0 spiro atoms. The van der Waals surface area contributed by atoms with Gasteiger partial charge in [0.05, 0.1) is 11.9 Å². The van der Waals surface area contributed by atoms with Gasteiger partial charge in [0.1, 0.15) is 0 Å². The molecule has 1 aliphatic heterocycles. The van der Waals surface area contributed by atoms with E-state index < -0.39 is 17.8 Å². The summed E-state index contributed by atoms with van der Waals surface area (Å²) in [5.74, 6) is -3.42. The molecule has 2 aromatic rings. The number of benzene rings is 2. The summed E-state index contributed by atoms with van der Waals surface area (Å²) in [7, 11) is 0. The fourth-order valence-corrected chi connectivity index (χ4v) is 2.32. The van der Waals surface area contributed by atoms with Crippen LogP contribution >= 0.6 is 0 Å². The van der Waals surface area contributed by atoms with Gasteiger partial charge in [-0.1, -0.05) is 12.1 Å². The molecule has 0 aromatic heterocycles. The van der Waals surface area contributed by atoms with E-state index in [1.165, 1.54) is 18.2 Å². The molecule has 6 nitrogen and oxygen atoms in total. The Morgan fingerprint density at radius 3 is 1.90 bits per heavy atom. The summed E-state index contributed by atoms with van der Waals surface area (Å²) < 4.78 is 0. The van der Waals surface area contributed by atoms with Crippen LogP contribution in [-0.4, -0.2) is 17.8 Å². The van der Waals surface area contributed by atoms with E-state index in [0.717, 1.165) is 6.07 Å². The number of carboxylic acids is 2. The maximum atomic E-state index is 11.7. The minimum atomic E-state index is -1.51. The molecule has 0 bridgehead atoms. The van der Waals surface area contributed by atoms with Crippen molar-refractivity contribution in [3.8, 4) is 0 Å². The summed E-state index contributed by atoms with van der Waals surface area (Å²) >= 11 is 0. The standard InChI is InChI=1S/C13H7NO5.2Na/c15-11-5-1-2-6(12(16)17)9-7(13(18)19)3-4-8(14-11)10(5)9;;/h1-4H,(H,14,15)(H,16,17)(H,18,19);;/q;2*+1/p-2. The Labute approximate surface area is 163 Å². The summed E-state index contributed by atoms with van der Waals surface area (Å²) in [5, 5.41) is 24.9. The Morgan fingerprint density at radius 2 is 1.38 bits per heavy atom. The Balaban J connectivity index is 0.00000110. The molecule has 0 aliphatic carbocycles. The van der Waals surface area contributed by atoms with Crippen LogP contribution in [0.1, 0.15) is 31.1 Å². The third kappa shape index (κ3) is 2.75. The van der Waals surface area contributed by atoms with Crippen LogP contribution in [0.2, 0.25) is 0 Å². The van der Waals surface area contributed by atoms with E-state index >= 15 is 0 Å². The molecular formula is C13H5NNa2O5. The van der Waals surface area contributed by atoms with Crippen LogP contribution in [-0.2, 0) is 0 Å². The third-order valence-electron chi connectivity index (χ3n) is 3.09. The van der Waals surface area contributed by atoms with Crippen LogP contribution in [0.3, 0.4) is 0 Å². The van der Waals surface area contributed by atoms with Gasteiger partial charge in [0, 0.05) is 33.2 Å². The topological polar surface area (TPSA) is 109 Å². The van der Waals surface area contributed by atoms with E-state index in [2.05, 4.69) is 5.32 Å². The Morgan fingerprint density at radius 1 is 0.857 bits per heavy atom. The number of carbonyl (C=O) groups excluding carboxylic acids is 3. The quantitative estimate of drug-likeness (QED) is 0.554. The van der Waals surface area contributed by atoms with E-state index in [0.29, 0.717) is 5.69 Å². The maximum Gasteiger partial charge on any atom is 1.00 e. The number of amides is 1. The summed E-state index contributed by atoms with van der Waals surface area (Å²) in [6.45, 7) is 0. The van der Waals surface area contributed by atoms with Crippen LogP contribution in [0.15, 0.2) is 24.3 Å². The molecule has 0 radical (unpaired) electrons. The number of nitrogens with one attached hydrogen (secondary N) is 1. The number of aromatic carboxylic acids is 2. The zero-order valence-electron chi connectivity index (χ0n) is 11.4. The molecule has 1 amide bonds. The molecule has 2 aromatic carbocycles. The summed E-state index contributed by atoms with van der Waals surface area (Å²) in [6, 6.07) is 5.10. The summed E-state index contributed by atoms with van der Waals surface area (Å²) in [4.78, 5) is 33.8. The van der Waals surface area contributed by atoms with Crippen LogP contribution < -0.4 is 74.6 Å². The number of anilines is 1. The van der Waals surface area contributed by atoms with Gasteiger partial charge in [-0.05, 0) is 12.1 Å². The number of carbonyl (C=O) groups is 3. The number of rotatable bonds is 2. The summed E-state index contributed by atoms with van der Waals surface area (Å²) in [5.41, 5.74) is 0.0498. The second kappa shape index (κ2) is 6.48. The molecule has 21 heavy (non-hydrogen) atoms. The molecule has 0 atom stereocenters. The first-order valence-corrected chi connectivity index (χ1v) is 5.34. The first-order chi connectivity index (χ1) is 9.00. The fraction of sp³-hybridized carbons (Fsp3) is 0. The molecule has 3 rings (SSSR count). The van der Waals surface area contributed by atoms with Gasteiger partial charge in [-0.2, -0.15) is 0 Å². The van der Waals surface area contributed by atoms with Gasteiger partial charge in [0.15, 0.2) is 0 Å². The van der Waals surface area contributed by atoms with Gasteiger partial charge in [-0.15, -0.1) is 0 Å². The van der Waals surface area contributed by atoms with Crippen LogP contribution in [0.5, 0.6) is 0 Å². The zero-order valence-corrected chi connectivity index (χ0v) is 15.4. The SMILES string of the molecule is O=C1Nc2ccc(C(=O)[O-])c3c(C(=O)[O-])ccc1c23.[Na+].[Na+]. The van der Waals surface area contributed by atoms with Gasteiger partial charge in [0.2, 0.25) is 0 Å². The number of hydrogen-bond donors (Lipinski definition) is 1. The Kier molecular flexibility index (Phi) is 5.60. The normalized spacial score (nSPS) is 11.3. The van der Waals surface area contributed by atoms with Gasteiger partial charge < -0.3 is 25.1 Å². The molecule has 0 fully saturated rings. The zero-order chi connectivity index (χ0) is 13.7. The predicted octanol–water partition coefficient (Wildman–Crippen LogP) is -6.86. The van der Waals surface area contributed by atoms with Crippen molar-refractivity contribution in [2.75, 3.05) is 5.32 Å². The average Bonchev–Trinajstić information content (AvgIpc) is 2.67. The second-order valence-corrected chi connectivity index (χ2v) is 4.10. The van der Waals surface area contributed by atoms with Crippen molar-refractivity contribution >= 4 is 34.3 Å². The predicted molar refractivity (Wildman–Crippen MR) is 60.6 cm³/mol. The van der Waals surface area contributed by atoms with Crippen LogP contribution in [0, 0.1) is 0 Å². The van der Waals surface area contributed by atoms with Crippen molar-refractivity contribution in [1.29, 1.82) is 0 Å². The third-order valence-corrected chi connectivity index (χ3v) is 3.09. The number of hydrogen-bond acceptors (Lipinski definition) is 5. The molecule has 94 valence electrons. The van der Waals surface area contributed by atoms with E-state index in [-0.39, 0.29) is 86.6 Å². The van der Waals surface area contributed by atoms with Crippen molar-refractivity contribution in [2.24, 2.45) is 0 Å². The van der Waals surface area contributed by atoms with Gasteiger partial charge in [-0.3, -0.25) is 4.79 Å². The van der Waals surface area contributed by atoms with Crippen molar-refractivity contribution in [1.82, 2.24) is 0 Å². The van der Waals surface area contributed by atoms with E-state index in [4.69, 9.17) is 0 Å². The second-order valence-electron chi connectivity index (χ2n) is 4.10. The molecule has 0 saturated carbocycles.